The Morgan fingerprint density at radius 3 is 1.85 bits per heavy atom. The smallest absolute Gasteiger partial charge is 0.340 e. The van der Waals surface area contributed by atoms with Crippen LogP contribution >= 0.6 is 23.5 Å². The highest BCUT2D eigenvalue weighted by molar-refractivity contribution is 8.00. The zero-order chi connectivity index (χ0) is 33.7. The van der Waals surface area contributed by atoms with Crippen LogP contribution in [0.15, 0.2) is 105 Å². The van der Waals surface area contributed by atoms with Crippen LogP contribution in [0.2, 0.25) is 0 Å². The summed E-state index contributed by atoms with van der Waals surface area (Å²) in [5.41, 5.74) is 4.14. The molecule has 0 saturated carbocycles. The molecule has 10 heteroatoms. The molecule has 0 amide bonds. The summed E-state index contributed by atoms with van der Waals surface area (Å²) in [6.45, 7) is 5.83. The number of alkyl halides is 3. The molecule has 0 spiro atoms. The molecule has 2 aliphatic rings. The van der Waals surface area contributed by atoms with Crippen molar-refractivity contribution in [3.8, 4) is 6.07 Å². The molecule has 4 aromatic carbocycles. The molecule has 2 heterocycles. The van der Waals surface area contributed by atoms with E-state index in [9.17, 15) is 18.4 Å². The molecule has 246 valence electrons. The van der Waals surface area contributed by atoms with Crippen LogP contribution in [0.1, 0.15) is 24.5 Å². The standard InChI is InChI=1S/C19H21N3S.C18H19F3N2S/c1-14(12-21(2)3)13-22-16-6-4-5-7-18(16)23-19-9-8-15(11-20)10-17(19)22;1-22(2)10-5-11-23-14-6-3-4-7-16(14)24-17-9-8-13(12-15(17)23)18(19,20)21/h4-10,14H,12-13H2,1-3H3;3-4,6-9,12H,5,10-11H2,1-2H3. The molecule has 1 unspecified atom stereocenters. The first-order valence-corrected chi connectivity index (χ1v) is 17.2. The summed E-state index contributed by atoms with van der Waals surface area (Å²) in [6, 6.07) is 28.7. The normalized spacial score (nSPS) is 14.0. The van der Waals surface area contributed by atoms with Gasteiger partial charge in [-0.3, -0.25) is 0 Å². The highest BCUT2D eigenvalue weighted by atomic mass is 32.2. The molecule has 0 aliphatic carbocycles. The van der Waals surface area contributed by atoms with Crippen LogP contribution < -0.4 is 9.80 Å². The molecule has 0 fully saturated rings. The van der Waals surface area contributed by atoms with Gasteiger partial charge in [-0.2, -0.15) is 18.4 Å². The summed E-state index contributed by atoms with van der Waals surface area (Å²) in [5.74, 6) is 0.528. The van der Waals surface area contributed by atoms with E-state index in [1.165, 1.54) is 33.3 Å². The van der Waals surface area contributed by atoms with Gasteiger partial charge in [-0.25, -0.2) is 0 Å². The Kier molecular flexibility index (Phi) is 11.1. The van der Waals surface area contributed by atoms with Crippen LogP contribution in [-0.2, 0) is 6.18 Å². The Morgan fingerprint density at radius 1 is 0.723 bits per heavy atom. The molecule has 4 aromatic rings. The van der Waals surface area contributed by atoms with Crippen molar-refractivity contribution in [2.75, 3.05) is 64.2 Å². The minimum Gasteiger partial charge on any atom is -0.340 e. The summed E-state index contributed by atoms with van der Waals surface area (Å²) in [5, 5.41) is 9.24. The molecule has 0 saturated heterocycles. The fraction of sp³-hybridized carbons (Fsp3) is 0.324. The van der Waals surface area contributed by atoms with Crippen LogP contribution in [0.4, 0.5) is 35.9 Å². The molecule has 0 bridgehead atoms. The summed E-state index contributed by atoms with van der Waals surface area (Å²) in [4.78, 5) is 13.1. The van der Waals surface area contributed by atoms with Crippen LogP contribution in [0.25, 0.3) is 0 Å². The summed E-state index contributed by atoms with van der Waals surface area (Å²) in [6.07, 6.45) is -3.45. The highest BCUT2D eigenvalue weighted by Crippen LogP contribution is 2.50. The second-order valence-electron chi connectivity index (χ2n) is 12.4. The van der Waals surface area contributed by atoms with Crippen molar-refractivity contribution in [1.29, 1.82) is 5.26 Å². The van der Waals surface area contributed by atoms with Crippen molar-refractivity contribution in [2.24, 2.45) is 5.92 Å². The number of anilines is 4. The summed E-state index contributed by atoms with van der Waals surface area (Å²) >= 11 is 3.31. The SMILES string of the molecule is CC(CN(C)C)CN1c2ccccc2Sc2ccc(C#N)cc21.CN(C)CCCN1c2ccccc2Sc2ccc(C(F)(F)F)cc21. The number of benzene rings is 4. The Hall–Kier alpha value is -3.62. The number of nitriles is 1. The summed E-state index contributed by atoms with van der Waals surface area (Å²) in [7, 11) is 8.21. The second kappa shape index (κ2) is 15.1. The topological polar surface area (TPSA) is 36.8 Å². The fourth-order valence-electron chi connectivity index (χ4n) is 5.88. The van der Waals surface area contributed by atoms with Crippen molar-refractivity contribution in [3.05, 3.63) is 96.1 Å². The van der Waals surface area contributed by atoms with E-state index in [1.54, 1.807) is 17.8 Å². The van der Waals surface area contributed by atoms with Crippen LogP contribution in [0, 0.1) is 17.2 Å². The average Bonchev–Trinajstić information content (AvgIpc) is 3.03. The quantitative estimate of drug-likeness (QED) is 0.184. The zero-order valence-electron chi connectivity index (χ0n) is 27.4. The predicted octanol–water partition coefficient (Wildman–Crippen LogP) is 9.62. The minimum atomic E-state index is -4.33. The number of hydrogen-bond donors (Lipinski definition) is 0. The van der Waals surface area contributed by atoms with Gasteiger partial charge in [-0.05, 0) is 108 Å². The minimum absolute atomic E-state index is 0.528. The van der Waals surface area contributed by atoms with E-state index in [0.29, 0.717) is 23.7 Å². The first-order chi connectivity index (χ1) is 22.4. The van der Waals surface area contributed by atoms with Gasteiger partial charge in [-0.1, -0.05) is 54.7 Å². The molecule has 2 aliphatic heterocycles. The molecule has 6 rings (SSSR count). The number of hydrogen-bond acceptors (Lipinski definition) is 7. The van der Waals surface area contributed by atoms with E-state index in [-0.39, 0.29) is 0 Å². The van der Waals surface area contributed by atoms with Crippen molar-refractivity contribution in [3.63, 3.8) is 0 Å². The first-order valence-electron chi connectivity index (χ1n) is 15.6. The molecule has 0 radical (unpaired) electrons. The third-order valence-corrected chi connectivity index (χ3v) is 10.1. The van der Waals surface area contributed by atoms with E-state index < -0.39 is 11.7 Å². The Morgan fingerprint density at radius 2 is 1.28 bits per heavy atom. The first kappa shape index (κ1) is 34.7. The van der Waals surface area contributed by atoms with Gasteiger partial charge in [0.2, 0.25) is 0 Å². The highest BCUT2D eigenvalue weighted by Gasteiger charge is 2.33. The lowest BCUT2D eigenvalue weighted by Crippen LogP contribution is -2.31. The van der Waals surface area contributed by atoms with E-state index in [4.69, 9.17) is 0 Å². The van der Waals surface area contributed by atoms with Gasteiger partial charge in [0.25, 0.3) is 0 Å². The molecular weight excluding hydrogens is 636 g/mol. The zero-order valence-corrected chi connectivity index (χ0v) is 29.0. The van der Waals surface area contributed by atoms with Crippen molar-refractivity contribution in [1.82, 2.24) is 9.80 Å². The number of halogens is 3. The Labute approximate surface area is 285 Å². The van der Waals surface area contributed by atoms with Crippen molar-refractivity contribution in [2.45, 2.75) is 39.1 Å². The third kappa shape index (κ3) is 8.46. The molecule has 0 N–H and O–H groups in total. The number of fused-ring (bicyclic) bond motifs is 4. The number of para-hydroxylation sites is 2. The fourth-order valence-corrected chi connectivity index (χ4v) is 8.03. The van der Waals surface area contributed by atoms with Gasteiger partial charge < -0.3 is 19.6 Å². The molecule has 47 heavy (non-hydrogen) atoms. The van der Waals surface area contributed by atoms with Gasteiger partial charge in [0.1, 0.15) is 0 Å². The third-order valence-electron chi connectivity index (χ3n) is 7.87. The van der Waals surface area contributed by atoms with Gasteiger partial charge in [0.05, 0.1) is 39.9 Å². The van der Waals surface area contributed by atoms with Crippen molar-refractivity contribution >= 4 is 46.3 Å². The lowest BCUT2D eigenvalue weighted by molar-refractivity contribution is -0.137. The maximum atomic E-state index is 13.1. The maximum Gasteiger partial charge on any atom is 0.416 e. The monoisotopic (exact) mass is 675 g/mol. The van der Waals surface area contributed by atoms with E-state index in [1.807, 2.05) is 55.4 Å². The molecule has 1 atom stereocenters. The maximum absolute atomic E-state index is 13.1. The van der Waals surface area contributed by atoms with E-state index in [0.717, 1.165) is 53.3 Å². The lowest BCUT2D eigenvalue weighted by Gasteiger charge is -2.35. The van der Waals surface area contributed by atoms with Gasteiger partial charge in [0.15, 0.2) is 0 Å². The number of nitrogens with zero attached hydrogens (tertiary/aromatic N) is 5. The largest absolute Gasteiger partial charge is 0.416 e. The predicted molar refractivity (Wildman–Crippen MR) is 189 cm³/mol. The molecular formula is C37H40F3N5S2. The summed E-state index contributed by atoms with van der Waals surface area (Å²) < 4.78 is 39.3. The van der Waals surface area contributed by atoms with E-state index in [2.05, 4.69) is 72.1 Å². The van der Waals surface area contributed by atoms with Gasteiger partial charge >= 0.3 is 6.18 Å². The molecule has 5 nitrogen and oxygen atoms in total. The van der Waals surface area contributed by atoms with Gasteiger partial charge in [-0.15, -0.1) is 0 Å². The molecule has 0 aromatic heterocycles. The van der Waals surface area contributed by atoms with E-state index >= 15 is 0 Å². The number of rotatable bonds is 8. The van der Waals surface area contributed by atoms with Crippen LogP contribution in [-0.4, -0.2) is 64.2 Å². The van der Waals surface area contributed by atoms with Gasteiger partial charge in [0, 0.05) is 39.2 Å². The average molecular weight is 676 g/mol. The van der Waals surface area contributed by atoms with Crippen LogP contribution in [0.5, 0.6) is 0 Å². The second-order valence-corrected chi connectivity index (χ2v) is 14.6. The Balaban J connectivity index is 0.000000185. The lowest BCUT2D eigenvalue weighted by atomic mass is 10.1. The Bertz CT molecular complexity index is 1730. The van der Waals surface area contributed by atoms with Crippen molar-refractivity contribution < 1.29 is 13.2 Å². The van der Waals surface area contributed by atoms with Crippen LogP contribution in [0.3, 0.4) is 0 Å².